The number of benzene rings is 2. The van der Waals surface area contributed by atoms with Gasteiger partial charge in [-0.1, -0.05) is 19.1 Å². The van der Waals surface area contributed by atoms with Gasteiger partial charge in [-0.15, -0.1) is 0 Å². The van der Waals surface area contributed by atoms with E-state index >= 15 is 0 Å². The van der Waals surface area contributed by atoms with Crippen molar-refractivity contribution in [2.45, 2.75) is 20.3 Å². The van der Waals surface area contributed by atoms with Gasteiger partial charge < -0.3 is 0 Å². The second-order valence-electron chi connectivity index (χ2n) is 8.35. The fourth-order valence-corrected chi connectivity index (χ4v) is 4.34. The summed E-state index contributed by atoms with van der Waals surface area (Å²) >= 11 is 0. The highest BCUT2D eigenvalue weighted by atomic mass is 19.1. The van der Waals surface area contributed by atoms with Gasteiger partial charge in [-0.2, -0.15) is 4.57 Å². The minimum Gasteiger partial charge on any atom is -0.294 e. The number of amides is 2. The van der Waals surface area contributed by atoms with E-state index in [4.69, 9.17) is 0 Å². The lowest BCUT2D eigenvalue weighted by Crippen LogP contribution is -2.40. The molecular formula is C27H21F2N4O3+. The number of H-pyrrole nitrogens is 1. The van der Waals surface area contributed by atoms with Crippen molar-refractivity contribution in [2.24, 2.45) is 0 Å². The van der Waals surface area contributed by atoms with Gasteiger partial charge in [0.1, 0.15) is 17.2 Å². The number of aromatic nitrogens is 3. The highest BCUT2D eigenvalue weighted by Gasteiger charge is 2.48. The van der Waals surface area contributed by atoms with Crippen molar-refractivity contribution >= 4 is 28.8 Å². The molecule has 0 unspecified atom stereocenters. The third-order valence-electron chi connectivity index (χ3n) is 6.01. The smallest absolute Gasteiger partial charge is 0.294 e. The van der Waals surface area contributed by atoms with E-state index in [9.17, 15) is 23.2 Å². The van der Waals surface area contributed by atoms with Crippen LogP contribution in [0.1, 0.15) is 23.7 Å². The van der Waals surface area contributed by atoms with Gasteiger partial charge in [0.25, 0.3) is 17.2 Å². The van der Waals surface area contributed by atoms with Gasteiger partial charge in [0, 0.05) is 17.3 Å². The fourth-order valence-electron chi connectivity index (χ4n) is 4.34. The predicted molar refractivity (Wildman–Crippen MR) is 129 cm³/mol. The van der Waals surface area contributed by atoms with Crippen LogP contribution in [0.15, 0.2) is 77.9 Å². The molecule has 2 aromatic carbocycles. The van der Waals surface area contributed by atoms with Gasteiger partial charge in [-0.25, -0.2) is 18.4 Å². The van der Waals surface area contributed by atoms with E-state index in [0.717, 1.165) is 16.5 Å². The first-order valence-corrected chi connectivity index (χ1v) is 11.3. The van der Waals surface area contributed by atoms with Crippen molar-refractivity contribution in [3.63, 3.8) is 0 Å². The van der Waals surface area contributed by atoms with Crippen molar-refractivity contribution in [1.29, 1.82) is 0 Å². The van der Waals surface area contributed by atoms with E-state index in [2.05, 4.69) is 5.10 Å². The Hall–Kier alpha value is -4.66. The van der Waals surface area contributed by atoms with Crippen LogP contribution in [-0.4, -0.2) is 21.6 Å². The van der Waals surface area contributed by atoms with Crippen LogP contribution in [0.2, 0.25) is 0 Å². The number of aryl methyl sites for hydroxylation is 2. The minimum absolute atomic E-state index is 0.00280. The van der Waals surface area contributed by atoms with Gasteiger partial charge in [0.15, 0.2) is 12.4 Å². The summed E-state index contributed by atoms with van der Waals surface area (Å²) in [6.07, 6.45) is 3.58. The highest BCUT2D eigenvalue weighted by Crippen LogP contribution is 2.34. The Balaban J connectivity index is 1.79. The van der Waals surface area contributed by atoms with Crippen molar-refractivity contribution in [2.75, 3.05) is 4.90 Å². The molecule has 1 N–H and O–H groups in total. The molecule has 0 radical (unpaired) electrons. The Morgan fingerprint density at radius 1 is 0.917 bits per heavy atom. The molecule has 1 aliphatic heterocycles. The largest absolute Gasteiger partial charge is 0.331 e. The summed E-state index contributed by atoms with van der Waals surface area (Å²) in [6.45, 7) is 3.61. The molecule has 0 aliphatic carbocycles. The predicted octanol–water partition coefficient (Wildman–Crippen LogP) is 3.54. The van der Waals surface area contributed by atoms with Gasteiger partial charge in [0.2, 0.25) is 0 Å². The van der Waals surface area contributed by atoms with Crippen molar-refractivity contribution in [1.82, 2.24) is 9.78 Å². The second-order valence-corrected chi connectivity index (χ2v) is 8.35. The van der Waals surface area contributed by atoms with Crippen LogP contribution < -0.4 is 15.0 Å². The molecule has 0 saturated heterocycles. The van der Waals surface area contributed by atoms with Crippen LogP contribution in [0.4, 0.5) is 14.5 Å². The lowest BCUT2D eigenvalue weighted by molar-refractivity contribution is -0.577. The number of imide groups is 1. The van der Waals surface area contributed by atoms with E-state index < -0.39 is 29.0 Å². The molecule has 5 rings (SSSR count). The quantitative estimate of drug-likeness (QED) is 0.346. The SMILES string of the molecule is CCc1[nH]n(-c2ccc(F)cc2)c(=O)c1C1=C([n+]2cccc(C)c2)C(=O)N(c2ccccc2F)C1=O. The zero-order chi connectivity index (χ0) is 25.6. The van der Waals surface area contributed by atoms with Crippen LogP contribution in [0.25, 0.3) is 17.0 Å². The zero-order valence-electron chi connectivity index (χ0n) is 19.5. The van der Waals surface area contributed by atoms with Crippen LogP contribution in [0.5, 0.6) is 0 Å². The van der Waals surface area contributed by atoms with Gasteiger partial charge in [-0.3, -0.25) is 19.5 Å². The number of halogens is 2. The number of carbonyl (C=O) groups excluding carboxylic acids is 2. The van der Waals surface area contributed by atoms with E-state index in [1.54, 1.807) is 25.4 Å². The van der Waals surface area contributed by atoms with E-state index in [-0.39, 0.29) is 22.5 Å². The van der Waals surface area contributed by atoms with Gasteiger partial charge in [-0.05, 0) is 55.8 Å². The Morgan fingerprint density at radius 2 is 1.64 bits per heavy atom. The van der Waals surface area contributed by atoms with Crippen LogP contribution in [0.3, 0.4) is 0 Å². The highest BCUT2D eigenvalue weighted by molar-refractivity contribution is 6.53. The average molecular weight is 487 g/mol. The zero-order valence-corrected chi connectivity index (χ0v) is 19.5. The van der Waals surface area contributed by atoms with E-state index in [1.165, 1.54) is 51.7 Å². The Kier molecular flexibility index (Phi) is 5.68. The van der Waals surface area contributed by atoms with Crippen molar-refractivity contribution in [3.05, 3.63) is 112 Å². The standard InChI is InChI=1S/C27H20F2N4O3/c1-3-20-22(26(35)33(30-20)18-12-10-17(28)11-13-18)23-24(31-14-6-7-16(2)15-31)27(36)32(25(23)34)21-9-5-4-8-19(21)29/h4-15H,3H2,1-2H3/p+1. The maximum absolute atomic E-state index is 14.7. The molecular weight excluding hydrogens is 466 g/mol. The molecule has 0 atom stereocenters. The third-order valence-corrected chi connectivity index (χ3v) is 6.01. The average Bonchev–Trinajstić information content (AvgIpc) is 3.32. The first-order chi connectivity index (χ1) is 17.3. The molecule has 2 amide bonds. The summed E-state index contributed by atoms with van der Waals surface area (Å²) in [5.41, 5.74) is 0.570. The maximum Gasteiger partial charge on any atom is 0.331 e. The normalized spacial score (nSPS) is 13.7. The number of carbonyl (C=O) groups is 2. The first kappa shape index (κ1) is 23.1. The molecule has 180 valence electrons. The third kappa shape index (κ3) is 3.65. The number of nitrogens with one attached hydrogen (secondary N) is 1. The topological polar surface area (TPSA) is 79.1 Å². The molecule has 9 heteroatoms. The van der Waals surface area contributed by atoms with Crippen LogP contribution >= 0.6 is 0 Å². The van der Waals surface area contributed by atoms with E-state index in [1.807, 2.05) is 13.0 Å². The Bertz CT molecular complexity index is 1620. The fraction of sp³-hybridized carbons (Fsp3) is 0.111. The number of para-hydroxylation sites is 1. The number of hydrogen-bond acceptors (Lipinski definition) is 3. The molecule has 36 heavy (non-hydrogen) atoms. The van der Waals surface area contributed by atoms with Crippen molar-refractivity contribution < 1.29 is 22.9 Å². The summed E-state index contributed by atoms with van der Waals surface area (Å²) in [4.78, 5) is 41.9. The number of hydrogen-bond donors (Lipinski definition) is 1. The molecule has 1 aliphatic rings. The van der Waals surface area contributed by atoms with Crippen LogP contribution in [0, 0.1) is 18.6 Å². The lowest BCUT2D eigenvalue weighted by atomic mass is 10.0. The number of pyridine rings is 1. The molecule has 3 heterocycles. The van der Waals surface area contributed by atoms with Crippen LogP contribution in [-0.2, 0) is 16.0 Å². The first-order valence-electron chi connectivity index (χ1n) is 11.3. The molecule has 7 nitrogen and oxygen atoms in total. The molecule has 0 bridgehead atoms. The number of anilines is 1. The van der Waals surface area contributed by atoms with E-state index in [0.29, 0.717) is 17.8 Å². The number of aromatic amines is 1. The number of nitrogens with zero attached hydrogens (tertiary/aromatic N) is 3. The number of rotatable bonds is 5. The maximum atomic E-state index is 14.7. The summed E-state index contributed by atoms with van der Waals surface area (Å²) in [5, 5.41) is 2.98. The minimum atomic E-state index is -0.814. The molecule has 4 aromatic rings. The lowest BCUT2D eigenvalue weighted by Gasteiger charge is -2.14. The Labute approximate surface area is 204 Å². The second kappa shape index (κ2) is 8.84. The monoisotopic (exact) mass is 487 g/mol. The summed E-state index contributed by atoms with van der Waals surface area (Å²) in [5.74, 6) is -2.78. The summed E-state index contributed by atoms with van der Waals surface area (Å²) in [6, 6.07) is 14.3. The summed E-state index contributed by atoms with van der Waals surface area (Å²) in [7, 11) is 0. The molecule has 0 fully saturated rings. The van der Waals surface area contributed by atoms with Gasteiger partial charge >= 0.3 is 5.91 Å². The Morgan fingerprint density at radius 3 is 2.31 bits per heavy atom. The molecule has 0 saturated carbocycles. The van der Waals surface area contributed by atoms with Crippen molar-refractivity contribution in [3.8, 4) is 5.69 Å². The molecule has 2 aromatic heterocycles. The molecule has 0 spiro atoms. The van der Waals surface area contributed by atoms with Gasteiger partial charge in [0.05, 0.1) is 16.9 Å². The summed E-state index contributed by atoms with van der Waals surface area (Å²) < 4.78 is 30.9.